The minimum atomic E-state index is 0.0783. The van der Waals surface area contributed by atoms with Gasteiger partial charge in [0.15, 0.2) is 0 Å². The van der Waals surface area contributed by atoms with Gasteiger partial charge in [-0.2, -0.15) is 0 Å². The first kappa shape index (κ1) is 12.8. The predicted molar refractivity (Wildman–Crippen MR) is 78.2 cm³/mol. The quantitative estimate of drug-likeness (QED) is 0.914. The molecule has 0 aliphatic heterocycles. The standard InChI is InChI=1S/C15H19N3S/c1-15(2)7-12(16)11-9-17-14(18-13(11)8-15)6-10-4-3-5-19-10/h3-5,9,12H,6-8,16H2,1-2H3. The van der Waals surface area contributed by atoms with Crippen LogP contribution in [0.5, 0.6) is 0 Å². The Labute approximate surface area is 117 Å². The highest BCUT2D eigenvalue weighted by atomic mass is 32.1. The van der Waals surface area contributed by atoms with Gasteiger partial charge in [0.05, 0.1) is 0 Å². The molecule has 2 aromatic rings. The fourth-order valence-corrected chi connectivity index (χ4v) is 3.51. The smallest absolute Gasteiger partial charge is 0.133 e. The number of thiophene rings is 1. The Bertz CT molecular complexity index is 575. The lowest BCUT2D eigenvalue weighted by Gasteiger charge is -2.34. The van der Waals surface area contributed by atoms with Crippen molar-refractivity contribution in [1.82, 2.24) is 9.97 Å². The molecule has 2 aromatic heterocycles. The molecule has 1 unspecified atom stereocenters. The highest BCUT2D eigenvalue weighted by Crippen LogP contribution is 2.38. The fraction of sp³-hybridized carbons (Fsp3) is 0.467. The zero-order valence-electron chi connectivity index (χ0n) is 11.4. The van der Waals surface area contributed by atoms with E-state index < -0.39 is 0 Å². The second kappa shape index (κ2) is 4.69. The third kappa shape index (κ3) is 2.69. The molecular weight excluding hydrogens is 254 g/mol. The summed E-state index contributed by atoms with van der Waals surface area (Å²) in [6.07, 6.45) is 4.76. The van der Waals surface area contributed by atoms with Gasteiger partial charge in [0.25, 0.3) is 0 Å². The Balaban J connectivity index is 1.90. The molecular formula is C15H19N3S. The van der Waals surface area contributed by atoms with Crippen LogP contribution < -0.4 is 5.73 Å². The van der Waals surface area contributed by atoms with Crippen molar-refractivity contribution in [1.29, 1.82) is 0 Å². The summed E-state index contributed by atoms with van der Waals surface area (Å²) in [4.78, 5) is 10.5. The van der Waals surface area contributed by atoms with Gasteiger partial charge in [-0.1, -0.05) is 19.9 Å². The molecule has 0 spiro atoms. The summed E-state index contributed by atoms with van der Waals surface area (Å²) < 4.78 is 0. The number of fused-ring (bicyclic) bond motifs is 1. The molecule has 1 aliphatic carbocycles. The van der Waals surface area contributed by atoms with Crippen LogP contribution in [0.15, 0.2) is 23.7 Å². The second-order valence-corrected chi connectivity index (χ2v) is 7.13. The molecule has 2 heterocycles. The topological polar surface area (TPSA) is 51.8 Å². The van der Waals surface area contributed by atoms with Crippen molar-refractivity contribution in [2.24, 2.45) is 11.1 Å². The van der Waals surface area contributed by atoms with Crippen molar-refractivity contribution in [3.05, 3.63) is 45.7 Å². The van der Waals surface area contributed by atoms with Crippen LogP contribution in [0.1, 0.15) is 48.3 Å². The van der Waals surface area contributed by atoms with Crippen LogP contribution in [0.2, 0.25) is 0 Å². The lowest BCUT2D eigenvalue weighted by atomic mass is 9.74. The molecule has 0 radical (unpaired) electrons. The minimum absolute atomic E-state index is 0.0783. The van der Waals surface area contributed by atoms with E-state index in [1.165, 1.54) is 4.88 Å². The first-order chi connectivity index (χ1) is 9.03. The van der Waals surface area contributed by atoms with E-state index in [4.69, 9.17) is 10.7 Å². The molecule has 0 amide bonds. The number of hydrogen-bond acceptors (Lipinski definition) is 4. The van der Waals surface area contributed by atoms with Gasteiger partial charge in [-0.15, -0.1) is 11.3 Å². The molecule has 1 atom stereocenters. The first-order valence-corrected chi connectivity index (χ1v) is 7.54. The van der Waals surface area contributed by atoms with Gasteiger partial charge in [-0.3, -0.25) is 0 Å². The number of hydrogen-bond donors (Lipinski definition) is 1. The zero-order chi connectivity index (χ0) is 13.5. The lowest BCUT2D eigenvalue weighted by molar-refractivity contribution is 0.277. The number of aromatic nitrogens is 2. The predicted octanol–water partition coefficient (Wildman–Crippen LogP) is 3.10. The zero-order valence-corrected chi connectivity index (χ0v) is 12.2. The third-order valence-corrected chi connectivity index (χ3v) is 4.56. The van der Waals surface area contributed by atoms with Crippen molar-refractivity contribution in [3.8, 4) is 0 Å². The Kier molecular flexibility index (Phi) is 3.15. The van der Waals surface area contributed by atoms with E-state index in [-0.39, 0.29) is 11.5 Å². The van der Waals surface area contributed by atoms with E-state index >= 15 is 0 Å². The van der Waals surface area contributed by atoms with Crippen LogP contribution >= 0.6 is 11.3 Å². The summed E-state index contributed by atoms with van der Waals surface area (Å²) in [6, 6.07) is 4.27. The molecule has 0 fully saturated rings. The van der Waals surface area contributed by atoms with Crippen LogP contribution in [0.4, 0.5) is 0 Å². The van der Waals surface area contributed by atoms with Gasteiger partial charge in [-0.05, 0) is 29.7 Å². The first-order valence-electron chi connectivity index (χ1n) is 6.66. The van der Waals surface area contributed by atoms with Gasteiger partial charge in [0, 0.05) is 34.8 Å². The maximum atomic E-state index is 6.23. The lowest BCUT2D eigenvalue weighted by Crippen LogP contribution is -2.31. The maximum Gasteiger partial charge on any atom is 0.133 e. The van der Waals surface area contributed by atoms with E-state index in [1.54, 1.807) is 11.3 Å². The van der Waals surface area contributed by atoms with E-state index in [0.717, 1.165) is 36.3 Å². The molecule has 19 heavy (non-hydrogen) atoms. The van der Waals surface area contributed by atoms with Crippen LogP contribution in [0.3, 0.4) is 0 Å². The number of nitrogens with zero attached hydrogens (tertiary/aromatic N) is 2. The van der Waals surface area contributed by atoms with Gasteiger partial charge >= 0.3 is 0 Å². The monoisotopic (exact) mass is 273 g/mol. The van der Waals surface area contributed by atoms with Crippen molar-refractivity contribution >= 4 is 11.3 Å². The van der Waals surface area contributed by atoms with Gasteiger partial charge in [-0.25, -0.2) is 9.97 Å². The molecule has 4 heteroatoms. The van der Waals surface area contributed by atoms with E-state index in [0.29, 0.717) is 0 Å². The van der Waals surface area contributed by atoms with Crippen LogP contribution in [0, 0.1) is 5.41 Å². The molecule has 3 nitrogen and oxygen atoms in total. The average molecular weight is 273 g/mol. The largest absolute Gasteiger partial charge is 0.324 e. The van der Waals surface area contributed by atoms with Gasteiger partial charge < -0.3 is 5.73 Å². The second-order valence-electron chi connectivity index (χ2n) is 6.10. The van der Waals surface area contributed by atoms with Crippen LogP contribution in [-0.2, 0) is 12.8 Å². The summed E-state index contributed by atoms with van der Waals surface area (Å²) in [5, 5.41) is 2.09. The third-order valence-electron chi connectivity index (χ3n) is 3.68. The molecule has 100 valence electrons. The van der Waals surface area contributed by atoms with E-state index in [1.807, 2.05) is 6.20 Å². The molecule has 3 rings (SSSR count). The summed E-state index contributed by atoms with van der Waals surface area (Å²) in [7, 11) is 0. The summed E-state index contributed by atoms with van der Waals surface area (Å²) in [5.74, 6) is 0.908. The molecule has 0 saturated carbocycles. The Hall–Kier alpha value is -1.26. The Morgan fingerprint density at radius 3 is 3.05 bits per heavy atom. The van der Waals surface area contributed by atoms with Crippen molar-refractivity contribution in [2.45, 2.75) is 39.2 Å². The van der Waals surface area contributed by atoms with Crippen LogP contribution in [-0.4, -0.2) is 9.97 Å². The molecule has 2 N–H and O–H groups in total. The number of nitrogens with two attached hydrogens (primary N) is 1. The van der Waals surface area contributed by atoms with Crippen LogP contribution in [0.25, 0.3) is 0 Å². The van der Waals surface area contributed by atoms with Crippen molar-refractivity contribution < 1.29 is 0 Å². The Morgan fingerprint density at radius 1 is 1.47 bits per heavy atom. The molecule has 1 aliphatic rings. The molecule has 0 aromatic carbocycles. The highest BCUT2D eigenvalue weighted by molar-refractivity contribution is 7.09. The van der Waals surface area contributed by atoms with Gasteiger partial charge in [0.2, 0.25) is 0 Å². The normalized spacial score (nSPS) is 21.1. The van der Waals surface area contributed by atoms with E-state index in [2.05, 4.69) is 36.3 Å². The minimum Gasteiger partial charge on any atom is -0.324 e. The Morgan fingerprint density at radius 2 is 2.32 bits per heavy atom. The van der Waals surface area contributed by atoms with Crippen molar-refractivity contribution in [2.75, 3.05) is 0 Å². The van der Waals surface area contributed by atoms with E-state index in [9.17, 15) is 0 Å². The maximum absolute atomic E-state index is 6.23. The SMILES string of the molecule is CC1(C)Cc2nc(Cc3cccs3)ncc2C(N)C1. The highest BCUT2D eigenvalue weighted by Gasteiger charge is 2.31. The summed E-state index contributed by atoms with van der Waals surface area (Å²) >= 11 is 1.75. The fourth-order valence-electron chi connectivity index (χ4n) is 2.80. The molecule has 0 bridgehead atoms. The average Bonchev–Trinajstić information content (AvgIpc) is 2.79. The van der Waals surface area contributed by atoms with Crippen molar-refractivity contribution in [3.63, 3.8) is 0 Å². The number of rotatable bonds is 2. The summed E-state index contributed by atoms with van der Waals surface area (Å²) in [6.45, 7) is 4.52. The van der Waals surface area contributed by atoms with Gasteiger partial charge in [0.1, 0.15) is 5.82 Å². The molecule has 0 saturated heterocycles. The summed E-state index contributed by atoms with van der Waals surface area (Å²) in [5.41, 5.74) is 8.74.